The first kappa shape index (κ1) is 33.3. The van der Waals surface area contributed by atoms with E-state index in [1.807, 2.05) is 6.07 Å². The summed E-state index contributed by atoms with van der Waals surface area (Å²) in [4.78, 5) is 35.2. The van der Waals surface area contributed by atoms with Gasteiger partial charge in [-0.25, -0.2) is 13.2 Å². The number of hydrogen-bond acceptors (Lipinski definition) is 10. The fourth-order valence-corrected chi connectivity index (χ4v) is 8.32. The summed E-state index contributed by atoms with van der Waals surface area (Å²) in [6.07, 6.45) is 1.37. The number of piperazine rings is 1. The van der Waals surface area contributed by atoms with Gasteiger partial charge >= 0.3 is 6.09 Å². The number of likely N-dealkylation sites (tertiary alicyclic amines) is 1. The van der Waals surface area contributed by atoms with Crippen LogP contribution in [0.15, 0.2) is 71.6 Å². The van der Waals surface area contributed by atoms with Crippen LogP contribution in [0.2, 0.25) is 0 Å². The minimum Gasteiger partial charge on any atom is -0.497 e. The number of nitrogens with zero attached hydrogens (tertiary/aromatic N) is 5. The van der Waals surface area contributed by atoms with Crippen molar-refractivity contribution in [1.29, 1.82) is 5.26 Å². The molecule has 48 heavy (non-hydrogen) atoms. The molecule has 3 aliphatic rings. The Balaban J connectivity index is 1.44. The normalized spacial score (nSPS) is 20.7. The van der Waals surface area contributed by atoms with Crippen molar-refractivity contribution in [3.05, 3.63) is 83.4 Å². The van der Waals surface area contributed by atoms with E-state index >= 15 is 0 Å². The van der Waals surface area contributed by atoms with E-state index < -0.39 is 27.6 Å². The van der Waals surface area contributed by atoms with Crippen molar-refractivity contribution >= 4 is 27.7 Å². The molecular formula is C35H39N5O7S. The largest absolute Gasteiger partial charge is 0.497 e. The van der Waals surface area contributed by atoms with Gasteiger partial charge in [0, 0.05) is 37.8 Å². The summed E-state index contributed by atoms with van der Waals surface area (Å²) in [5, 5.41) is 9.48. The van der Waals surface area contributed by atoms with Crippen molar-refractivity contribution in [2.75, 3.05) is 64.3 Å². The Bertz CT molecular complexity index is 1850. The smallest absolute Gasteiger partial charge is 0.411 e. The molecule has 0 aromatic heterocycles. The van der Waals surface area contributed by atoms with Crippen LogP contribution in [0.25, 0.3) is 0 Å². The van der Waals surface area contributed by atoms with E-state index in [1.165, 1.54) is 49.6 Å². The van der Waals surface area contributed by atoms with Crippen molar-refractivity contribution in [1.82, 2.24) is 14.7 Å². The lowest BCUT2D eigenvalue weighted by atomic mass is 9.86. The molecule has 6 rings (SSSR count). The number of methoxy groups -OCH3 is 1. The molecule has 13 heteroatoms. The van der Waals surface area contributed by atoms with Gasteiger partial charge in [0.05, 0.1) is 41.5 Å². The number of rotatable bonds is 8. The lowest BCUT2D eigenvalue weighted by Gasteiger charge is -2.42. The third kappa shape index (κ3) is 5.85. The van der Waals surface area contributed by atoms with Crippen molar-refractivity contribution in [3.63, 3.8) is 0 Å². The summed E-state index contributed by atoms with van der Waals surface area (Å²) in [5.74, 6) is -0.431. The van der Waals surface area contributed by atoms with Crippen molar-refractivity contribution in [2.24, 2.45) is 0 Å². The summed E-state index contributed by atoms with van der Waals surface area (Å²) in [6, 6.07) is 19.0. The lowest BCUT2D eigenvalue weighted by molar-refractivity contribution is -0.132. The van der Waals surface area contributed by atoms with Crippen LogP contribution in [-0.4, -0.2) is 101 Å². The van der Waals surface area contributed by atoms with Gasteiger partial charge in [-0.1, -0.05) is 24.3 Å². The predicted octanol–water partition coefficient (Wildman–Crippen LogP) is 3.79. The van der Waals surface area contributed by atoms with Crippen LogP contribution in [0.4, 0.5) is 10.5 Å². The van der Waals surface area contributed by atoms with Gasteiger partial charge in [0.15, 0.2) is 0 Å². The molecule has 0 bridgehead atoms. The van der Waals surface area contributed by atoms with Crippen molar-refractivity contribution in [2.45, 2.75) is 36.3 Å². The van der Waals surface area contributed by atoms with Crippen LogP contribution in [0.1, 0.15) is 36.5 Å². The zero-order chi connectivity index (χ0) is 34.1. The maximum atomic E-state index is 15.0. The predicted molar refractivity (Wildman–Crippen MR) is 177 cm³/mol. The third-order valence-electron chi connectivity index (χ3n) is 9.37. The van der Waals surface area contributed by atoms with Gasteiger partial charge < -0.3 is 24.0 Å². The molecule has 3 heterocycles. The number of amides is 2. The van der Waals surface area contributed by atoms with Gasteiger partial charge in [0.1, 0.15) is 11.5 Å². The molecule has 1 unspecified atom stereocenters. The number of nitriles is 1. The second-order valence-corrected chi connectivity index (χ2v) is 13.9. The Labute approximate surface area is 281 Å². The number of piperidine rings is 1. The van der Waals surface area contributed by atoms with Crippen molar-refractivity contribution < 1.29 is 32.2 Å². The van der Waals surface area contributed by atoms with E-state index in [1.54, 1.807) is 36.1 Å². The molecule has 2 fully saturated rings. The maximum Gasteiger partial charge on any atom is 0.411 e. The summed E-state index contributed by atoms with van der Waals surface area (Å²) >= 11 is 0. The van der Waals surface area contributed by atoms with Crippen LogP contribution in [0.3, 0.4) is 0 Å². The number of fused-ring (bicyclic) bond motifs is 1. The van der Waals surface area contributed by atoms with E-state index in [2.05, 4.69) is 16.8 Å². The highest BCUT2D eigenvalue weighted by Gasteiger charge is 2.61. The fraction of sp³-hybridized carbons (Fsp3) is 0.400. The van der Waals surface area contributed by atoms with E-state index in [0.717, 1.165) is 25.9 Å². The summed E-state index contributed by atoms with van der Waals surface area (Å²) in [7, 11) is -1.03. The van der Waals surface area contributed by atoms with Crippen molar-refractivity contribution in [3.8, 4) is 17.6 Å². The second kappa shape index (κ2) is 13.5. The molecule has 12 nitrogen and oxygen atoms in total. The Morgan fingerprint density at radius 3 is 2.38 bits per heavy atom. The first-order valence-corrected chi connectivity index (χ1v) is 17.5. The SMILES string of the molecule is CCOc1ccccc1C1(OC(=O)N2CCN(C3CCN(C)CC3)CC2)C(=O)N(S(=O)(=O)c2cccc(C#N)c2)c2ccc(OC)cc21. The molecular weight excluding hydrogens is 634 g/mol. The number of para-hydroxylation sites is 1. The maximum absolute atomic E-state index is 15.0. The molecule has 0 spiro atoms. The molecule has 0 N–H and O–H groups in total. The minimum atomic E-state index is -4.61. The van der Waals surface area contributed by atoms with Crippen LogP contribution < -0.4 is 13.8 Å². The van der Waals surface area contributed by atoms with Crippen LogP contribution in [-0.2, 0) is 25.2 Å². The molecule has 2 saturated heterocycles. The first-order valence-electron chi connectivity index (χ1n) is 16.0. The highest BCUT2D eigenvalue weighted by atomic mass is 32.2. The Morgan fingerprint density at radius 1 is 0.958 bits per heavy atom. The number of ether oxygens (including phenoxy) is 3. The zero-order valence-electron chi connectivity index (χ0n) is 27.3. The van der Waals surface area contributed by atoms with Crippen LogP contribution >= 0.6 is 0 Å². The van der Waals surface area contributed by atoms with Crippen LogP contribution in [0.5, 0.6) is 11.5 Å². The summed E-state index contributed by atoms with van der Waals surface area (Å²) in [6.45, 7) is 6.15. The molecule has 0 saturated carbocycles. The Hall–Kier alpha value is -4.64. The molecule has 0 aliphatic carbocycles. The van der Waals surface area contributed by atoms with Gasteiger partial charge in [0.25, 0.3) is 15.9 Å². The molecule has 3 aromatic carbocycles. The fourth-order valence-electron chi connectivity index (χ4n) is 6.82. The van der Waals surface area contributed by atoms with E-state index in [0.29, 0.717) is 42.3 Å². The molecule has 252 valence electrons. The number of sulfonamides is 1. The molecule has 1 atom stereocenters. The molecule has 2 amide bonds. The quantitative estimate of drug-likeness (QED) is 0.348. The van der Waals surface area contributed by atoms with E-state index in [9.17, 15) is 23.3 Å². The number of carbonyl (C=O) groups is 2. The topological polar surface area (TPSA) is 133 Å². The highest BCUT2D eigenvalue weighted by molar-refractivity contribution is 7.93. The lowest BCUT2D eigenvalue weighted by Crippen LogP contribution is -2.55. The molecule has 0 radical (unpaired) electrons. The van der Waals surface area contributed by atoms with Gasteiger partial charge in [-0.15, -0.1) is 0 Å². The van der Waals surface area contributed by atoms with Gasteiger partial charge in [-0.2, -0.15) is 9.57 Å². The van der Waals surface area contributed by atoms with E-state index in [-0.39, 0.29) is 39.6 Å². The Morgan fingerprint density at radius 2 is 1.69 bits per heavy atom. The zero-order valence-corrected chi connectivity index (χ0v) is 28.1. The standard InChI is InChI=1S/C35H39N5O7S/c1-4-46-32-11-6-5-10-29(32)35(47-34(42)39-20-18-38(19-21-39)26-14-16-37(2)17-15-26)30-23-27(45-3)12-13-31(30)40(33(35)41)48(43,44)28-9-7-8-25(22-28)24-36/h5-13,22-23,26H,4,14-21H2,1-3H3. The summed E-state index contributed by atoms with van der Waals surface area (Å²) < 4.78 is 47.1. The molecule has 3 aromatic rings. The van der Waals surface area contributed by atoms with Gasteiger partial charge in [0.2, 0.25) is 5.60 Å². The van der Waals surface area contributed by atoms with Gasteiger partial charge in [-0.3, -0.25) is 9.69 Å². The van der Waals surface area contributed by atoms with Crippen LogP contribution in [0, 0.1) is 11.3 Å². The number of anilines is 1. The van der Waals surface area contributed by atoms with E-state index in [4.69, 9.17) is 14.2 Å². The Kier molecular flexibility index (Phi) is 9.33. The highest BCUT2D eigenvalue weighted by Crippen LogP contribution is 2.52. The first-order chi connectivity index (χ1) is 23.1. The molecule has 3 aliphatic heterocycles. The summed E-state index contributed by atoms with van der Waals surface area (Å²) in [5.41, 5.74) is -1.87. The number of carbonyl (C=O) groups excluding carboxylic acids is 2. The number of benzene rings is 3. The average Bonchev–Trinajstić information content (AvgIpc) is 3.36. The monoisotopic (exact) mass is 673 g/mol. The minimum absolute atomic E-state index is 0.00523. The number of hydrogen-bond donors (Lipinski definition) is 0. The third-order valence-corrected chi connectivity index (χ3v) is 11.1. The average molecular weight is 674 g/mol. The van der Waals surface area contributed by atoms with Gasteiger partial charge in [-0.05, 0) is 82.4 Å². The second-order valence-electron chi connectivity index (χ2n) is 12.1.